The maximum atomic E-state index is 13.7. The summed E-state index contributed by atoms with van der Waals surface area (Å²) in [5, 5.41) is 12.0. The van der Waals surface area contributed by atoms with E-state index in [-0.39, 0.29) is 17.8 Å². The second kappa shape index (κ2) is 10.7. The van der Waals surface area contributed by atoms with Crippen molar-refractivity contribution < 1.29 is 9.18 Å². The lowest BCUT2D eigenvalue weighted by Gasteiger charge is -2.23. The monoisotopic (exact) mass is 421 g/mol. The molecular weight excluding hydrogens is 389 g/mol. The van der Waals surface area contributed by atoms with Crippen molar-refractivity contribution in [1.29, 1.82) is 0 Å². The normalized spacial score (nSPS) is 13.5. The lowest BCUT2D eigenvalue weighted by atomic mass is 10.2. The van der Waals surface area contributed by atoms with E-state index in [4.69, 9.17) is 0 Å². The van der Waals surface area contributed by atoms with Crippen molar-refractivity contribution in [3.8, 4) is 0 Å². The van der Waals surface area contributed by atoms with Crippen molar-refractivity contribution in [2.24, 2.45) is 0 Å². The maximum absolute atomic E-state index is 13.7. The molecule has 1 N–H and O–H groups in total. The molecule has 0 spiro atoms. The van der Waals surface area contributed by atoms with Gasteiger partial charge < -0.3 is 9.88 Å². The number of nitrogens with zero attached hydrogens (tertiary/aromatic N) is 4. The summed E-state index contributed by atoms with van der Waals surface area (Å²) in [5.74, 6) is 0.410. The van der Waals surface area contributed by atoms with Crippen LogP contribution in [0.3, 0.4) is 0 Å². The van der Waals surface area contributed by atoms with Crippen molar-refractivity contribution in [1.82, 2.24) is 19.7 Å². The second-order valence-corrected chi connectivity index (χ2v) is 8.75. The van der Waals surface area contributed by atoms with Crippen LogP contribution in [-0.2, 0) is 11.3 Å². The molecule has 0 saturated carbocycles. The number of rotatable bonds is 10. The summed E-state index contributed by atoms with van der Waals surface area (Å²) >= 11 is 1.38. The SMILES string of the molecule is CCCCn1c(SC(C)C(=O)Nc2ccc(C)c(F)c2)nnc1C(CC)N(C)C. The molecule has 0 bridgehead atoms. The molecule has 6 nitrogen and oxygen atoms in total. The Labute approximate surface area is 177 Å². The number of hydrogen-bond acceptors (Lipinski definition) is 5. The quantitative estimate of drug-likeness (QED) is 0.566. The van der Waals surface area contributed by atoms with Crippen LogP contribution in [0.2, 0.25) is 0 Å². The molecule has 1 aromatic heterocycles. The van der Waals surface area contributed by atoms with Crippen molar-refractivity contribution >= 4 is 23.4 Å². The van der Waals surface area contributed by atoms with Crippen LogP contribution < -0.4 is 5.32 Å². The van der Waals surface area contributed by atoms with E-state index in [1.165, 1.54) is 17.8 Å². The fraction of sp³-hybridized carbons (Fsp3) is 0.571. The van der Waals surface area contributed by atoms with Crippen LogP contribution >= 0.6 is 11.8 Å². The number of aryl methyl sites for hydroxylation is 1. The van der Waals surface area contributed by atoms with Crippen LogP contribution in [0.5, 0.6) is 0 Å². The molecule has 0 aliphatic rings. The number of amides is 1. The molecule has 1 heterocycles. The van der Waals surface area contributed by atoms with Crippen molar-refractivity contribution in [3.63, 3.8) is 0 Å². The molecule has 160 valence electrons. The Morgan fingerprint density at radius 2 is 2.03 bits per heavy atom. The van der Waals surface area contributed by atoms with Gasteiger partial charge in [0.1, 0.15) is 5.82 Å². The molecule has 2 aromatic rings. The predicted molar refractivity (Wildman–Crippen MR) is 117 cm³/mol. The van der Waals surface area contributed by atoms with E-state index in [1.54, 1.807) is 19.1 Å². The predicted octanol–water partition coefficient (Wildman–Crippen LogP) is 4.66. The molecule has 0 aliphatic heterocycles. The van der Waals surface area contributed by atoms with Gasteiger partial charge in [-0.05, 0) is 58.5 Å². The maximum Gasteiger partial charge on any atom is 0.237 e. The van der Waals surface area contributed by atoms with Gasteiger partial charge in [0.05, 0.1) is 11.3 Å². The lowest BCUT2D eigenvalue weighted by Crippen LogP contribution is -2.24. The first-order valence-corrected chi connectivity index (χ1v) is 11.0. The number of anilines is 1. The minimum Gasteiger partial charge on any atom is -0.325 e. The second-order valence-electron chi connectivity index (χ2n) is 7.45. The molecule has 29 heavy (non-hydrogen) atoms. The van der Waals surface area contributed by atoms with Crippen molar-refractivity contribution in [2.75, 3.05) is 19.4 Å². The zero-order chi connectivity index (χ0) is 21.6. The first-order chi connectivity index (χ1) is 13.8. The zero-order valence-corrected chi connectivity index (χ0v) is 19.0. The minimum atomic E-state index is -0.392. The molecular formula is C21H32FN5OS. The third-order valence-electron chi connectivity index (χ3n) is 4.88. The number of hydrogen-bond donors (Lipinski definition) is 1. The van der Waals surface area contributed by atoms with Gasteiger partial charge in [-0.3, -0.25) is 9.69 Å². The summed E-state index contributed by atoms with van der Waals surface area (Å²) in [7, 11) is 4.08. The summed E-state index contributed by atoms with van der Waals surface area (Å²) in [6.07, 6.45) is 3.01. The third-order valence-corrected chi connectivity index (χ3v) is 5.96. The highest BCUT2D eigenvalue weighted by Crippen LogP contribution is 2.28. The van der Waals surface area contributed by atoms with Gasteiger partial charge in [-0.1, -0.05) is 38.1 Å². The Hall–Kier alpha value is -1.93. The van der Waals surface area contributed by atoms with E-state index in [0.717, 1.165) is 36.8 Å². The molecule has 8 heteroatoms. The van der Waals surface area contributed by atoms with Crippen molar-refractivity contribution in [2.45, 2.75) is 70.0 Å². The highest BCUT2D eigenvalue weighted by Gasteiger charge is 2.24. The Bertz CT molecular complexity index is 823. The van der Waals surface area contributed by atoms with Gasteiger partial charge >= 0.3 is 0 Å². The van der Waals surface area contributed by atoms with E-state index in [0.29, 0.717) is 11.3 Å². The summed E-state index contributed by atoms with van der Waals surface area (Å²) in [5.41, 5.74) is 1.01. The van der Waals surface area contributed by atoms with Gasteiger partial charge in [-0.25, -0.2) is 4.39 Å². The van der Waals surface area contributed by atoms with Gasteiger partial charge in [0, 0.05) is 12.2 Å². The van der Waals surface area contributed by atoms with Crippen LogP contribution in [0, 0.1) is 12.7 Å². The van der Waals surface area contributed by atoms with Gasteiger partial charge in [0.2, 0.25) is 5.91 Å². The summed E-state index contributed by atoms with van der Waals surface area (Å²) in [6, 6.07) is 4.88. The summed E-state index contributed by atoms with van der Waals surface area (Å²) < 4.78 is 15.9. The van der Waals surface area contributed by atoms with E-state index >= 15 is 0 Å². The summed E-state index contributed by atoms with van der Waals surface area (Å²) in [4.78, 5) is 14.8. The van der Waals surface area contributed by atoms with Crippen LogP contribution in [0.4, 0.5) is 10.1 Å². The van der Waals surface area contributed by atoms with E-state index in [1.807, 2.05) is 21.0 Å². The minimum absolute atomic E-state index is 0.174. The topological polar surface area (TPSA) is 63.1 Å². The molecule has 0 fully saturated rings. The van der Waals surface area contributed by atoms with Gasteiger partial charge in [0.25, 0.3) is 0 Å². The van der Waals surface area contributed by atoms with Gasteiger partial charge in [-0.15, -0.1) is 10.2 Å². The number of halogens is 1. The molecule has 0 radical (unpaired) electrons. The molecule has 2 rings (SSSR count). The highest BCUT2D eigenvalue weighted by molar-refractivity contribution is 8.00. The number of carbonyl (C=O) groups is 1. The zero-order valence-electron chi connectivity index (χ0n) is 18.2. The fourth-order valence-electron chi connectivity index (χ4n) is 3.06. The molecule has 0 aliphatic carbocycles. The van der Waals surface area contributed by atoms with E-state index in [9.17, 15) is 9.18 Å². The van der Waals surface area contributed by atoms with Gasteiger partial charge in [-0.2, -0.15) is 0 Å². The number of thioether (sulfide) groups is 1. The summed E-state index contributed by atoms with van der Waals surface area (Å²) in [6.45, 7) is 8.62. The van der Waals surface area contributed by atoms with E-state index < -0.39 is 5.25 Å². The van der Waals surface area contributed by atoms with Crippen molar-refractivity contribution in [3.05, 3.63) is 35.4 Å². The fourth-order valence-corrected chi connectivity index (χ4v) is 3.95. The standard InChI is InChI=1S/C21H32FN5OS/c1-7-9-12-27-19(18(8-2)26(5)6)24-25-21(27)29-15(4)20(28)23-16-11-10-14(3)17(22)13-16/h10-11,13,15,18H,7-9,12H2,1-6H3,(H,23,28). The third kappa shape index (κ3) is 6.02. The molecule has 2 atom stereocenters. The molecule has 1 aromatic carbocycles. The van der Waals surface area contributed by atoms with E-state index in [2.05, 4.69) is 38.8 Å². The molecule has 1 amide bonds. The lowest BCUT2D eigenvalue weighted by molar-refractivity contribution is -0.115. The Morgan fingerprint density at radius 3 is 2.62 bits per heavy atom. The average molecular weight is 422 g/mol. The first-order valence-electron chi connectivity index (χ1n) is 10.1. The number of carbonyl (C=O) groups excluding carboxylic acids is 1. The Kier molecular flexibility index (Phi) is 8.64. The Balaban J connectivity index is 2.17. The number of unbranched alkanes of at least 4 members (excludes halogenated alkanes) is 1. The molecule has 2 unspecified atom stereocenters. The van der Waals surface area contributed by atoms with Crippen LogP contribution in [0.25, 0.3) is 0 Å². The smallest absolute Gasteiger partial charge is 0.237 e. The largest absolute Gasteiger partial charge is 0.325 e. The first kappa shape index (κ1) is 23.3. The van der Waals surface area contributed by atoms with Crippen LogP contribution in [-0.4, -0.2) is 44.9 Å². The number of aromatic nitrogens is 3. The number of nitrogens with one attached hydrogen (secondary N) is 1. The average Bonchev–Trinajstić information content (AvgIpc) is 3.05. The van der Waals surface area contributed by atoms with Gasteiger partial charge in [0.15, 0.2) is 11.0 Å². The Morgan fingerprint density at radius 1 is 1.31 bits per heavy atom. The van der Waals surface area contributed by atoms with Crippen LogP contribution in [0.15, 0.2) is 23.4 Å². The number of benzene rings is 1. The van der Waals surface area contributed by atoms with Crippen LogP contribution in [0.1, 0.15) is 57.5 Å². The highest BCUT2D eigenvalue weighted by atomic mass is 32.2. The molecule has 0 saturated heterocycles.